The standard InChI is InChI=1S/C9H19NO3/c1-6(2)8(10)9(11)13-7(3)5-12-4/h6-8H,5,10H2,1-4H3/t7-,8?/m0/s1. The van der Waals surface area contributed by atoms with E-state index in [4.69, 9.17) is 15.2 Å². The molecular weight excluding hydrogens is 170 g/mol. The number of nitrogens with two attached hydrogens (primary N) is 1. The molecule has 0 aliphatic carbocycles. The van der Waals surface area contributed by atoms with Crippen molar-refractivity contribution in [2.75, 3.05) is 13.7 Å². The Morgan fingerprint density at radius 1 is 1.38 bits per heavy atom. The minimum atomic E-state index is -0.542. The number of hydrogen-bond acceptors (Lipinski definition) is 4. The first kappa shape index (κ1) is 12.4. The molecule has 0 amide bonds. The number of methoxy groups -OCH3 is 1. The highest BCUT2D eigenvalue weighted by atomic mass is 16.6. The molecule has 1 unspecified atom stereocenters. The maximum atomic E-state index is 11.3. The fourth-order valence-electron chi connectivity index (χ4n) is 0.818. The second kappa shape index (κ2) is 5.94. The number of carbonyl (C=O) groups excluding carboxylic acids is 1. The van der Waals surface area contributed by atoms with Crippen LogP contribution < -0.4 is 5.73 Å². The summed E-state index contributed by atoms with van der Waals surface area (Å²) in [6, 6.07) is -0.542. The zero-order valence-electron chi connectivity index (χ0n) is 8.74. The number of esters is 1. The lowest BCUT2D eigenvalue weighted by molar-refractivity contribution is -0.153. The minimum Gasteiger partial charge on any atom is -0.459 e. The molecule has 0 rings (SSSR count). The van der Waals surface area contributed by atoms with Crippen LogP contribution in [0.2, 0.25) is 0 Å². The lowest BCUT2D eigenvalue weighted by atomic mass is 10.1. The van der Waals surface area contributed by atoms with E-state index in [0.29, 0.717) is 6.61 Å². The summed E-state index contributed by atoms with van der Waals surface area (Å²) in [6.07, 6.45) is -0.234. The van der Waals surface area contributed by atoms with Gasteiger partial charge < -0.3 is 15.2 Å². The predicted octanol–water partition coefficient (Wildman–Crippen LogP) is 0.548. The summed E-state index contributed by atoms with van der Waals surface area (Å²) in [5.41, 5.74) is 5.59. The average molecular weight is 189 g/mol. The third-order valence-corrected chi connectivity index (χ3v) is 1.71. The van der Waals surface area contributed by atoms with E-state index in [1.165, 1.54) is 0 Å². The van der Waals surface area contributed by atoms with Gasteiger partial charge in [0.25, 0.3) is 0 Å². The summed E-state index contributed by atoms with van der Waals surface area (Å²) in [5.74, 6) is -0.262. The number of rotatable bonds is 5. The quantitative estimate of drug-likeness (QED) is 0.641. The lowest BCUT2D eigenvalue weighted by Crippen LogP contribution is -2.39. The molecule has 0 aromatic rings. The van der Waals surface area contributed by atoms with E-state index in [9.17, 15) is 4.79 Å². The topological polar surface area (TPSA) is 61.5 Å². The Kier molecular flexibility index (Phi) is 5.66. The zero-order chi connectivity index (χ0) is 10.4. The van der Waals surface area contributed by atoms with E-state index >= 15 is 0 Å². The Balaban J connectivity index is 3.85. The molecule has 13 heavy (non-hydrogen) atoms. The predicted molar refractivity (Wildman–Crippen MR) is 50.2 cm³/mol. The summed E-state index contributed by atoms with van der Waals surface area (Å²) in [6.45, 7) is 5.94. The Hall–Kier alpha value is -0.610. The van der Waals surface area contributed by atoms with E-state index in [2.05, 4.69) is 0 Å². The SMILES string of the molecule is COC[C@H](C)OC(=O)C(N)C(C)C. The summed E-state index contributed by atoms with van der Waals surface area (Å²) in [4.78, 5) is 11.3. The van der Waals surface area contributed by atoms with E-state index < -0.39 is 6.04 Å². The van der Waals surface area contributed by atoms with Crippen LogP contribution in [0.1, 0.15) is 20.8 Å². The van der Waals surface area contributed by atoms with Crippen LogP contribution in [0.5, 0.6) is 0 Å². The van der Waals surface area contributed by atoms with Crippen molar-refractivity contribution in [3.8, 4) is 0 Å². The highest BCUT2D eigenvalue weighted by Gasteiger charge is 2.20. The molecule has 0 radical (unpaired) electrons. The molecule has 0 spiro atoms. The van der Waals surface area contributed by atoms with Gasteiger partial charge in [-0.2, -0.15) is 0 Å². The van der Waals surface area contributed by atoms with Gasteiger partial charge in [-0.3, -0.25) is 4.79 Å². The van der Waals surface area contributed by atoms with Crippen LogP contribution in [0.15, 0.2) is 0 Å². The number of hydrogen-bond donors (Lipinski definition) is 1. The van der Waals surface area contributed by atoms with Crippen molar-refractivity contribution in [2.24, 2.45) is 11.7 Å². The summed E-state index contributed by atoms with van der Waals surface area (Å²) in [7, 11) is 1.56. The first-order chi connectivity index (χ1) is 5.99. The van der Waals surface area contributed by atoms with Gasteiger partial charge in [0.05, 0.1) is 6.61 Å². The number of ether oxygens (including phenoxy) is 2. The zero-order valence-corrected chi connectivity index (χ0v) is 8.74. The Morgan fingerprint density at radius 3 is 2.31 bits per heavy atom. The van der Waals surface area contributed by atoms with Crippen LogP contribution >= 0.6 is 0 Å². The van der Waals surface area contributed by atoms with Crippen LogP contribution in [-0.2, 0) is 14.3 Å². The maximum absolute atomic E-state index is 11.3. The van der Waals surface area contributed by atoms with Crippen LogP contribution in [-0.4, -0.2) is 31.8 Å². The monoisotopic (exact) mass is 189 g/mol. The highest BCUT2D eigenvalue weighted by Crippen LogP contribution is 2.02. The molecule has 2 N–H and O–H groups in total. The maximum Gasteiger partial charge on any atom is 0.323 e. The molecule has 0 aromatic carbocycles. The molecule has 78 valence electrons. The van der Waals surface area contributed by atoms with Crippen LogP contribution in [0.4, 0.5) is 0 Å². The van der Waals surface area contributed by atoms with Crippen molar-refractivity contribution in [3.63, 3.8) is 0 Å². The third kappa shape index (κ3) is 4.85. The second-order valence-corrected chi connectivity index (χ2v) is 3.47. The van der Waals surface area contributed by atoms with Crippen molar-refractivity contribution < 1.29 is 14.3 Å². The van der Waals surface area contributed by atoms with Gasteiger partial charge in [0.15, 0.2) is 0 Å². The van der Waals surface area contributed by atoms with E-state index in [1.807, 2.05) is 13.8 Å². The van der Waals surface area contributed by atoms with Gasteiger partial charge in [0.1, 0.15) is 12.1 Å². The molecule has 0 saturated carbocycles. The normalized spacial score (nSPS) is 15.5. The number of carbonyl (C=O) groups is 1. The molecule has 0 bridgehead atoms. The lowest BCUT2D eigenvalue weighted by Gasteiger charge is -2.18. The minimum absolute atomic E-state index is 0.0993. The van der Waals surface area contributed by atoms with Crippen molar-refractivity contribution in [1.82, 2.24) is 0 Å². The van der Waals surface area contributed by atoms with E-state index in [0.717, 1.165) is 0 Å². The van der Waals surface area contributed by atoms with Crippen molar-refractivity contribution in [3.05, 3.63) is 0 Å². The van der Waals surface area contributed by atoms with Gasteiger partial charge in [-0.25, -0.2) is 0 Å². The van der Waals surface area contributed by atoms with Gasteiger partial charge in [0.2, 0.25) is 0 Å². The Bertz CT molecular complexity index is 159. The summed E-state index contributed by atoms with van der Waals surface area (Å²) >= 11 is 0. The summed E-state index contributed by atoms with van der Waals surface area (Å²) in [5, 5.41) is 0. The molecular formula is C9H19NO3. The third-order valence-electron chi connectivity index (χ3n) is 1.71. The van der Waals surface area contributed by atoms with Gasteiger partial charge in [-0.1, -0.05) is 13.8 Å². The van der Waals surface area contributed by atoms with Crippen LogP contribution in [0, 0.1) is 5.92 Å². The fourth-order valence-corrected chi connectivity index (χ4v) is 0.818. The smallest absolute Gasteiger partial charge is 0.323 e. The second-order valence-electron chi connectivity index (χ2n) is 3.47. The first-order valence-corrected chi connectivity index (χ1v) is 4.44. The Labute approximate surface area is 79.4 Å². The van der Waals surface area contributed by atoms with Gasteiger partial charge >= 0.3 is 5.97 Å². The molecule has 0 aliphatic rings. The van der Waals surface area contributed by atoms with Crippen LogP contribution in [0.25, 0.3) is 0 Å². The first-order valence-electron chi connectivity index (χ1n) is 4.44. The molecule has 4 nitrogen and oxygen atoms in total. The van der Waals surface area contributed by atoms with E-state index in [1.54, 1.807) is 14.0 Å². The molecule has 0 saturated heterocycles. The molecule has 0 fully saturated rings. The highest BCUT2D eigenvalue weighted by molar-refractivity contribution is 5.75. The molecule has 0 aliphatic heterocycles. The van der Waals surface area contributed by atoms with Crippen LogP contribution in [0.3, 0.4) is 0 Å². The van der Waals surface area contributed by atoms with Crippen molar-refractivity contribution in [2.45, 2.75) is 32.9 Å². The summed E-state index contributed by atoms with van der Waals surface area (Å²) < 4.78 is 9.85. The van der Waals surface area contributed by atoms with Gasteiger partial charge in [-0.05, 0) is 12.8 Å². The molecule has 4 heteroatoms. The van der Waals surface area contributed by atoms with Crippen molar-refractivity contribution >= 4 is 5.97 Å². The average Bonchev–Trinajstić information content (AvgIpc) is 2.03. The molecule has 0 heterocycles. The molecule has 0 aromatic heterocycles. The van der Waals surface area contributed by atoms with Gasteiger partial charge in [0, 0.05) is 7.11 Å². The van der Waals surface area contributed by atoms with E-state index in [-0.39, 0.29) is 18.0 Å². The molecule has 2 atom stereocenters. The fraction of sp³-hybridized carbons (Fsp3) is 0.889. The van der Waals surface area contributed by atoms with Crippen molar-refractivity contribution in [1.29, 1.82) is 0 Å². The Morgan fingerprint density at radius 2 is 1.92 bits per heavy atom. The largest absolute Gasteiger partial charge is 0.459 e. The van der Waals surface area contributed by atoms with Gasteiger partial charge in [-0.15, -0.1) is 0 Å².